The lowest BCUT2D eigenvalue weighted by molar-refractivity contribution is 0.339. The van der Waals surface area contributed by atoms with Crippen molar-refractivity contribution in [1.82, 2.24) is 0 Å². The van der Waals surface area contributed by atoms with Gasteiger partial charge >= 0.3 is 0 Å². The van der Waals surface area contributed by atoms with Crippen LogP contribution < -0.4 is 0 Å². The maximum atomic E-state index is 4.70. The smallest absolute Gasteiger partial charge is 0.0766 e. The molecule has 0 N–H and O–H groups in total. The van der Waals surface area contributed by atoms with Crippen molar-refractivity contribution in [2.45, 2.75) is 13.0 Å². The number of hydrogen-bond donors (Lipinski definition) is 0. The van der Waals surface area contributed by atoms with Crippen LogP contribution in [0.4, 0.5) is 0 Å². The molecule has 7 heavy (non-hydrogen) atoms. The van der Waals surface area contributed by atoms with Gasteiger partial charge in [-0.15, -0.1) is 0 Å². The van der Waals surface area contributed by atoms with Gasteiger partial charge in [0.1, 0.15) is 0 Å². The first kappa shape index (κ1) is 6.76. The van der Waals surface area contributed by atoms with Crippen LogP contribution in [0.5, 0.6) is 0 Å². The largest absolute Gasteiger partial charge is 0.505 e. The molecule has 0 saturated carbocycles. The average Bonchev–Trinajstić information content (AvgIpc) is 1.69. The summed E-state index contributed by atoms with van der Waals surface area (Å²) >= 11 is 0. The van der Waals surface area contributed by atoms with Crippen molar-refractivity contribution < 1.29 is 4.74 Å². The molecule has 0 radical (unpaired) electrons. The van der Waals surface area contributed by atoms with E-state index in [1.807, 2.05) is 0 Å². The van der Waals surface area contributed by atoms with Gasteiger partial charge in [-0.1, -0.05) is 18.7 Å². The van der Waals surface area contributed by atoms with E-state index >= 15 is 0 Å². The Morgan fingerprint density at radius 1 is 1.71 bits per heavy atom. The van der Waals surface area contributed by atoms with E-state index < -0.39 is 0 Å². The van der Waals surface area contributed by atoms with Crippen molar-refractivity contribution in [2.24, 2.45) is 0 Å². The second-order valence-corrected chi connectivity index (χ2v) is 3.44. The summed E-state index contributed by atoms with van der Waals surface area (Å²) in [6, 6.07) is 1.33. The molecule has 0 aliphatic heterocycles. The molecule has 0 aliphatic carbocycles. The summed E-state index contributed by atoms with van der Waals surface area (Å²) in [5, 5.41) is 0. The van der Waals surface area contributed by atoms with Gasteiger partial charge in [0.15, 0.2) is 0 Å². The minimum absolute atomic E-state index is 0.105. The zero-order valence-electron chi connectivity index (χ0n) is 4.98. The van der Waals surface area contributed by atoms with E-state index in [0.717, 1.165) is 0 Å². The maximum Gasteiger partial charge on any atom is 0.0766 e. The molecule has 0 spiro atoms. The second-order valence-electron chi connectivity index (χ2n) is 1.40. The minimum atomic E-state index is 0.105. The van der Waals surface area contributed by atoms with Crippen LogP contribution in [0.1, 0.15) is 6.92 Å². The molecule has 0 saturated heterocycles. The van der Waals surface area contributed by atoms with Crippen molar-refractivity contribution >= 4 is 9.52 Å². The second kappa shape index (κ2) is 5.76. The molecular formula is C5H12OSi. The predicted octanol–water partition coefficient (Wildman–Crippen LogP) is 0.711. The molecule has 0 unspecified atom stereocenters. The molecular weight excluding hydrogens is 104 g/mol. The molecule has 0 atom stereocenters. The van der Waals surface area contributed by atoms with Gasteiger partial charge in [0, 0.05) is 9.52 Å². The summed E-state index contributed by atoms with van der Waals surface area (Å²) in [6.07, 6.45) is 1.77. The molecule has 0 aromatic heterocycles. The molecule has 0 amide bonds. The monoisotopic (exact) mass is 116 g/mol. The molecule has 42 valence electrons. The summed E-state index contributed by atoms with van der Waals surface area (Å²) in [5.74, 6) is 0. The van der Waals surface area contributed by atoms with Gasteiger partial charge in [0.25, 0.3) is 0 Å². The molecule has 2 heteroatoms. The van der Waals surface area contributed by atoms with Gasteiger partial charge in [-0.2, -0.15) is 0 Å². The molecule has 0 heterocycles. The average molecular weight is 116 g/mol. The summed E-state index contributed by atoms with van der Waals surface area (Å²) in [7, 11) is 1.79. The molecule has 0 fully saturated rings. The zero-order chi connectivity index (χ0) is 5.54. The maximum absolute atomic E-state index is 4.70. The van der Waals surface area contributed by atoms with E-state index in [4.69, 9.17) is 4.74 Å². The Morgan fingerprint density at radius 2 is 2.43 bits per heavy atom. The Balaban J connectivity index is 2.78. The first-order valence-corrected chi connectivity index (χ1v) is 4.41. The van der Waals surface area contributed by atoms with Crippen LogP contribution in [0.2, 0.25) is 6.04 Å². The lowest BCUT2D eigenvalue weighted by Crippen LogP contribution is -1.77. The van der Waals surface area contributed by atoms with E-state index in [-0.39, 0.29) is 9.52 Å². The van der Waals surface area contributed by atoms with Crippen LogP contribution in [0.3, 0.4) is 0 Å². The fourth-order valence-corrected chi connectivity index (χ4v) is 0.993. The molecule has 0 aromatic carbocycles. The first-order valence-electron chi connectivity index (χ1n) is 2.59. The van der Waals surface area contributed by atoms with Crippen LogP contribution in [-0.2, 0) is 4.74 Å². The summed E-state index contributed by atoms with van der Waals surface area (Å²) in [6.45, 7) is 2.20. The number of rotatable bonds is 3. The number of ether oxygens (including phenoxy) is 1. The predicted molar refractivity (Wildman–Crippen MR) is 35.2 cm³/mol. The van der Waals surface area contributed by atoms with E-state index in [0.29, 0.717) is 0 Å². The van der Waals surface area contributed by atoms with Gasteiger partial charge in [-0.05, 0) is 0 Å². The third-order valence-corrected chi connectivity index (χ3v) is 1.79. The van der Waals surface area contributed by atoms with Crippen molar-refractivity contribution in [1.29, 1.82) is 0 Å². The van der Waals surface area contributed by atoms with Crippen molar-refractivity contribution in [3.8, 4) is 0 Å². The highest BCUT2D eigenvalue weighted by molar-refractivity contribution is 6.41. The highest BCUT2D eigenvalue weighted by atomic mass is 28.2. The van der Waals surface area contributed by atoms with Gasteiger partial charge in [-0.3, -0.25) is 0 Å². The summed E-state index contributed by atoms with van der Waals surface area (Å²) in [4.78, 5) is 0. The van der Waals surface area contributed by atoms with Crippen LogP contribution in [0.15, 0.2) is 12.0 Å². The van der Waals surface area contributed by atoms with Crippen LogP contribution in [0, 0.1) is 0 Å². The number of methoxy groups -OCH3 is 1. The Labute approximate surface area is 47.2 Å². The SMILES string of the molecule is CC[SiH2]C=COC. The standard InChI is InChI=1S/C5H12OSi/c1-3-7-5-4-6-2/h4-5H,3,7H2,1-2H3. The summed E-state index contributed by atoms with van der Waals surface area (Å²) in [5.41, 5.74) is 2.15. The van der Waals surface area contributed by atoms with E-state index in [1.54, 1.807) is 13.4 Å². The van der Waals surface area contributed by atoms with Gasteiger partial charge < -0.3 is 4.74 Å². The van der Waals surface area contributed by atoms with Crippen molar-refractivity contribution in [2.75, 3.05) is 7.11 Å². The topological polar surface area (TPSA) is 9.23 Å². The fraction of sp³-hybridized carbons (Fsp3) is 0.600. The Morgan fingerprint density at radius 3 is 2.86 bits per heavy atom. The Kier molecular flexibility index (Phi) is 5.56. The normalized spacial score (nSPS) is 11.7. The third-order valence-electron chi connectivity index (χ3n) is 0.688. The molecule has 0 aromatic rings. The quantitative estimate of drug-likeness (QED) is 0.390. The molecule has 0 rings (SSSR count). The highest BCUT2D eigenvalue weighted by Crippen LogP contribution is 1.75. The summed E-state index contributed by atoms with van der Waals surface area (Å²) < 4.78 is 4.70. The van der Waals surface area contributed by atoms with Gasteiger partial charge in [0.05, 0.1) is 13.4 Å². The lowest BCUT2D eigenvalue weighted by Gasteiger charge is -1.82. The highest BCUT2D eigenvalue weighted by Gasteiger charge is 1.69. The zero-order valence-corrected chi connectivity index (χ0v) is 6.39. The van der Waals surface area contributed by atoms with Crippen molar-refractivity contribution in [3.05, 3.63) is 12.0 Å². The minimum Gasteiger partial charge on any atom is -0.505 e. The molecule has 0 bridgehead atoms. The third kappa shape index (κ3) is 5.76. The van der Waals surface area contributed by atoms with Crippen LogP contribution in [0.25, 0.3) is 0 Å². The molecule has 1 nitrogen and oxygen atoms in total. The van der Waals surface area contributed by atoms with Crippen LogP contribution in [-0.4, -0.2) is 16.6 Å². The van der Waals surface area contributed by atoms with Crippen molar-refractivity contribution in [3.63, 3.8) is 0 Å². The van der Waals surface area contributed by atoms with E-state index in [1.165, 1.54) is 6.04 Å². The molecule has 0 aliphatic rings. The first-order chi connectivity index (χ1) is 3.41. The Bertz CT molecular complexity index is 52.0. The number of hydrogen-bond acceptors (Lipinski definition) is 1. The van der Waals surface area contributed by atoms with E-state index in [2.05, 4.69) is 12.6 Å². The fourth-order valence-electron chi connectivity index (χ4n) is 0.331. The lowest BCUT2D eigenvalue weighted by atomic mass is 11.0. The van der Waals surface area contributed by atoms with E-state index in [9.17, 15) is 0 Å². The Hall–Kier alpha value is -0.243. The van der Waals surface area contributed by atoms with Gasteiger partial charge in [0.2, 0.25) is 0 Å². The van der Waals surface area contributed by atoms with Crippen LogP contribution >= 0.6 is 0 Å². The van der Waals surface area contributed by atoms with Gasteiger partial charge in [-0.25, -0.2) is 0 Å².